The number of rotatable bonds is 3. The molecule has 98 valence electrons. The molecule has 1 saturated heterocycles. The number of nitrogens with two attached hydrogens (primary N) is 1. The molecule has 0 bridgehead atoms. The number of fused-ring (bicyclic) bond motifs is 1. The molecular formula is C14H17N5. The number of anilines is 2. The van der Waals surface area contributed by atoms with Gasteiger partial charge in [0.05, 0.1) is 6.54 Å². The van der Waals surface area contributed by atoms with Crippen LogP contribution in [0.3, 0.4) is 0 Å². The van der Waals surface area contributed by atoms with Gasteiger partial charge in [-0.05, 0) is 36.0 Å². The van der Waals surface area contributed by atoms with Gasteiger partial charge in [-0.25, -0.2) is 4.98 Å². The van der Waals surface area contributed by atoms with E-state index in [9.17, 15) is 0 Å². The van der Waals surface area contributed by atoms with Gasteiger partial charge >= 0.3 is 0 Å². The number of pyridine rings is 1. The van der Waals surface area contributed by atoms with Crippen molar-refractivity contribution in [2.45, 2.75) is 13.0 Å². The summed E-state index contributed by atoms with van der Waals surface area (Å²) in [5.74, 6) is 3.54. The summed E-state index contributed by atoms with van der Waals surface area (Å²) >= 11 is 0. The molecule has 0 aromatic carbocycles. The van der Waals surface area contributed by atoms with Crippen LogP contribution in [0.2, 0.25) is 0 Å². The molecule has 2 fully saturated rings. The fourth-order valence-corrected chi connectivity index (χ4v) is 2.94. The van der Waals surface area contributed by atoms with Crippen molar-refractivity contribution >= 4 is 11.6 Å². The minimum atomic E-state index is 0.556. The van der Waals surface area contributed by atoms with Crippen molar-refractivity contribution < 1.29 is 0 Å². The van der Waals surface area contributed by atoms with Gasteiger partial charge in [0.2, 0.25) is 0 Å². The Morgan fingerprint density at radius 3 is 2.68 bits per heavy atom. The number of hydrogen-bond acceptors (Lipinski definition) is 4. The smallest absolute Gasteiger partial charge is 0.145 e. The number of hydrogen-bond donors (Lipinski definition) is 1. The molecule has 2 aromatic heterocycles. The van der Waals surface area contributed by atoms with Crippen molar-refractivity contribution in [1.82, 2.24) is 14.8 Å². The molecule has 1 aliphatic carbocycles. The van der Waals surface area contributed by atoms with Crippen molar-refractivity contribution in [3.63, 3.8) is 0 Å². The molecule has 1 aliphatic heterocycles. The molecule has 1 saturated carbocycles. The van der Waals surface area contributed by atoms with Crippen LogP contribution in [0.4, 0.5) is 11.6 Å². The quantitative estimate of drug-likeness (QED) is 0.899. The summed E-state index contributed by atoms with van der Waals surface area (Å²) in [6, 6.07) is 6.05. The zero-order valence-electron chi connectivity index (χ0n) is 10.7. The summed E-state index contributed by atoms with van der Waals surface area (Å²) < 4.78 is 1.83. The zero-order chi connectivity index (χ0) is 12.8. The van der Waals surface area contributed by atoms with E-state index in [2.05, 4.69) is 27.1 Å². The second-order valence-corrected chi connectivity index (χ2v) is 5.62. The fourth-order valence-electron chi connectivity index (χ4n) is 2.94. The Morgan fingerprint density at radius 1 is 1.21 bits per heavy atom. The van der Waals surface area contributed by atoms with Gasteiger partial charge in [-0.1, -0.05) is 6.07 Å². The molecule has 2 aromatic rings. The summed E-state index contributed by atoms with van der Waals surface area (Å²) in [5, 5.41) is 4.18. The van der Waals surface area contributed by atoms with Crippen LogP contribution in [0.1, 0.15) is 12.0 Å². The molecule has 2 N–H and O–H groups in total. The average Bonchev–Trinajstić information content (AvgIpc) is 2.83. The largest absolute Gasteiger partial charge is 0.382 e. The van der Waals surface area contributed by atoms with E-state index in [0.717, 1.165) is 29.8 Å². The van der Waals surface area contributed by atoms with Gasteiger partial charge in [-0.15, -0.1) is 0 Å². The summed E-state index contributed by atoms with van der Waals surface area (Å²) in [5.41, 5.74) is 6.75. The number of nitrogen functional groups attached to an aromatic ring is 1. The maximum atomic E-state index is 5.60. The van der Waals surface area contributed by atoms with E-state index >= 15 is 0 Å². The third-order valence-corrected chi connectivity index (χ3v) is 4.12. The second-order valence-electron chi connectivity index (χ2n) is 5.62. The van der Waals surface area contributed by atoms with E-state index in [1.807, 2.05) is 17.1 Å². The van der Waals surface area contributed by atoms with Crippen LogP contribution in [0.15, 0.2) is 30.6 Å². The molecule has 0 radical (unpaired) electrons. The highest BCUT2D eigenvalue weighted by molar-refractivity contribution is 5.42. The number of piperidine rings is 1. The molecule has 5 nitrogen and oxygen atoms in total. The summed E-state index contributed by atoms with van der Waals surface area (Å²) in [6.07, 6.45) is 5.25. The SMILES string of the molecule is Nc1ccn(Cc2ccc(N3CC4CC4C3)nc2)n1. The molecule has 5 heteroatoms. The highest BCUT2D eigenvalue weighted by Gasteiger charge is 2.45. The van der Waals surface area contributed by atoms with Gasteiger partial charge < -0.3 is 10.6 Å². The average molecular weight is 255 g/mol. The van der Waals surface area contributed by atoms with E-state index in [-0.39, 0.29) is 0 Å². The van der Waals surface area contributed by atoms with E-state index in [1.54, 1.807) is 6.07 Å². The predicted molar refractivity (Wildman–Crippen MR) is 73.8 cm³/mol. The van der Waals surface area contributed by atoms with Crippen molar-refractivity contribution in [1.29, 1.82) is 0 Å². The summed E-state index contributed by atoms with van der Waals surface area (Å²) in [4.78, 5) is 6.97. The van der Waals surface area contributed by atoms with E-state index in [1.165, 1.54) is 19.5 Å². The predicted octanol–water partition coefficient (Wildman–Crippen LogP) is 1.36. The molecular weight excluding hydrogens is 238 g/mol. The van der Waals surface area contributed by atoms with E-state index in [4.69, 9.17) is 5.73 Å². The first kappa shape index (κ1) is 10.8. The third kappa shape index (κ3) is 2.05. The summed E-state index contributed by atoms with van der Waals surface area (Å²) in [6.45, 7) is 3.09. The monoisotopic (exact) mass is 255 g/mol. The van der Waals surface area contributed by atoms with Crippen LogP contribution >= 0.6 is 0 Å². The first-order chi connectivity index (χ1) is 9.28. The standard InChI is InChI=1S/C14H17N5/c15-13-3-4-19(17-13)7-10-1-2-14(16-6-10)18-8-11-5-12(11)9-18/h1-4,6,11-12H,5,7-9H2,(H2,15,17). The zero-order valence-corrected chi connectivity index (χ0v) is 10.7. The Hall–Kier alpha value is -2.04. The van der Waals surface area contributed by atoms with Crippen LogP contribution in [0.5, 0.6) is 0 Å². The molecule has 0 amide bonds. The minimum absolute atomic E-state index is 0.556. The lowest BCUT2D eigenvalue weighted by atomic mass is 10.2. The highest BCUT2D eigenvalue weighted by Crippen LogP contribution is 2.45. The van der Waals surface area contributed by atoms with Gasteiger partial charge in [0.25, 0.3) is 0 Å². The molecule has 19 heavy (non-hydrogen) atoms. The van der Waals surface area contributed by atoms with Crippen LogP contribution in [0.25, 0.3) is 0 Å². The van der Waals surface area contributed by atoms with Crippen LogP contribution in [-0.4, -0.2) is 27.9 Å². The maximum absolute atomic E-state index is 5.60. The third-order valence-electron chi connectivity index (χ3n) is 4.12. The Kier molecular flexibility index (Phi) is 2.27. The van der Waals surface area contributed by atoms with E-state index in [0.29, 0.717) is 5.82 Å². The first-order valence-electron chi connectivity index (χ1n) is 6.77. The van der Waals surface area contributed by atoms with Crippen LogP contribution in [-0.2, 0) is 6.54 Å². The Bertz CT molecular complexity index is 578. The Balaban J connectivity index is 1.46. The normalized spacial score (nSPS) is 24.5. The molecule has 2 unspecified atom stereocenters. The molecule has 2 atom stereocenters. The molecule has 2 aliphatic rings. The van der Waals surface area contributed by atoms with Crippen LogP contribution < -0.4 is 10.6 Å². The highest BCUT2D eigenvalue weighted by atomic mass is 15.3. The molecule has 3 heterocycles. The first-order valence-corrected chi connectivity index (χ1v) is 6.77. The van der Waals surface area contributed by atoms with Gasteiger partial charge in [0, 0.05) is 25.5 Å². The van der Waals surface area contributed by atoms with E-state index < -0.39 is 0 Å². The number of aromatic nitrogens is 3. The van der Waals surface area contributed by atoms with Gasteiger partial charge in [-0.3, -0.25) is 4.68 Å². The Morgan fingerprint density at radius 2 is 2.05 bits per heavy atom. The lowest BCUT2D eigenvalue weighted by Gasteiger charge is -2.18. The number of nitrogens with zero attached hydrogens (tertiary/aromatic N) is 4. The van der Waals surface area contributed by atoms with Crippen molar-refractivity contribution in [2.75, 3.05) is 23.7 Å². The van der Waals surface area contributed by atoms with Gasteiger partial charge in [0.15, 0.2) is 0 Å². The fraction of sp³-hybridized carbons (Fsp3) is 0.429. The summed E-state index contributed by atoms with van der Waals surface area (Å²) in [7, 11) is 0. The maximum Gasteiger partial charge on any atom is 0.145 e. The van der Waals surface area contributed by atoms with Crippen LogP contribution in [0, 0.1) is 11.8 Å². The lowest BCUT2D eigenvalue weighted by molar-refractivity contribution is 0.687. The van der Waals surface area contributed by atoms with Crippen molar-refractivity contribution in [3.05, 3.63) is 36.2 Å². The topological polar surface area (TPSA) is 60.0 Å². The Labute approximate surface area is 112 Å². The molecule has 4 rings (SSSR count). The lowest BCUT2D eigenvalue weighted by Crippen LogP contribution is -2.22. The molecule has 0 spiro atoms. The second kappa shape index (κ2) is 3.98. The minimum Gasteiger partial charge on any atom is -0.382 e. The van der Waals surface area contributed by atoms with Gasteiger partial charge in [-0.2, -0.15) is 5.10 Å². The van der Waals surface area contributed by atoms with Gasteiger partial charge in [0.1, 0.15) is 11.6 Å². The van der Waals surface area contributed by atoms with Crippen molar-refractivity contribution in [3.8, 4) is 0 Å². The van der Waals surface area contributed by atoms with Crippen molar-refractivity contribution in [2.24, 2.45) is 11.8 Å².